The Bertz CT molecular complexity index is 1180. The molecule has 0 atom stereocenters. The highest BCUT2D eigenvalue weighted by Crippen LogP contribution is 2.42. The van der Waals surface area contributed by atoms with Crippen LogP contribution in [0.4, 0.5) is 18.9 Å². The van der Waals surface area contributed by atoms with Gasteiger partial charge in [-0.05, 0) is 54.7 Å². The van der Waals surface area contributed by atoms with Gasteiger partial charge >= 0.3 is 6.18 Å². The molecular formula is C33H46Br2F3N3. The maximum absolute atomic E-state index is 14.5. The minimum Gasteiger partial charge on any atom is -1.00 e. The van der Waals surface area contributed by atoms with E-state index in [0.29, 0.717) is 24.2 Å². The Morgan fingerprint density at radius 3 is 1.98 bits per heavy atom. The summed E-state index contributed by atoms with van der Waals surface area (Å²) in [7, 11) is 0. The molecule has 0 saturated heterocycles. The van der Waals surface area contributed by atoms with E-state index in [1.165, 1.54) is 6.54 Å². The Balaban J connectivity index is 0.00000420. The lowest BCUT2D eigenvalue weighted by Gasteiger charge is -2.29. The number of aryl methyl sites for hydroxylation is 1. The van der Waals surface area contributed by atoms with Gasteiger partial charge in [0.25, 0.3) is 0 Å². The minimum atomic E-state index is -4.44. The lowest BCUT2D eigenvalue weighted by molar-refractivity contribution is -0.898. The minimum absolute atomic E-state index is 0. The van der Waals surface area contributed by atoms with Crippen molar-refractivity contribution in [3.63, 3.8) is 0 Å². The summed E-state index contributed by atoms with van der Waals surface area (Å²) in [4.78, 5) is 3.54. The number of unbranched alkanes of at least 4 members (excludes halogenated alkanes) is 2. The lowest BCUT2D eigenvalue weighted by atomic mass is 9.96. The number of hydrogen-bond acceptors (Lipinski definition) is 1. The highest BCUT2D eigenvalue weighted by atomic mass is 79.9. The Labute approximate surface area is 266 Å². The van der Waals surface area contributed by atoms with E-state index in [0.717, 1.165) is 62.9 Å². The van der Waals surface area contributed by atoms with Gasteiger partial charge in [0, 0.05) is 30.9 Å². The van der Waals surface area contributed by atoms with Crippen LogP contribution in [0.15, 0.2) is 54.9 Å². The zero-order valence-electron chi connectivity index (χ0n) is 24.9. The molecule has 0 spiro atoms. The van der Waals surface area contributed by atoms with Crippen molar-refractivity contribution >= 4 is 28.6 Å². The Kier molecular flexibility index (Phi) is 16.8. The van der Waals surface area contributed by atoms with Crippen LogP contribution in [0.3, 0.4) is 0 Å². The average molecular weight is 702 g/mol. The van der Waals surface area contributed by atoms with Crippen molar-refractivity contribution in [1.29, 1.82) is 0 Å². The molecule has 1 N–H and O–H groups in total. The summed E-state index contributed by atoms with van der Waals surface area (Å²) in [6.07, 6.45) is 8.40. The van der Waals surface area contributed by atoms with E-state index < -0.39 is 11.7 Å². The van der Waals surface area contributed by atoms with Crippen LogP contribution in [0, 0.1) is 0 Å². The van der Waals surface area contributed by atoms with Crippen molar-refractivity contribution in [3.05, 3.63) is 71.5 Å². The summed E-state index contributed by atoms with van der Waals surface area (Å²) in [6.45, 7) is 14.3. The topological polar surface area (TPSA) is 11.6 Å². The summed E-state index contributed by atoms with van der Waals surface area (Å²) in [6, 6.07) is 12.9. The van der Waals surface area contributed by atoms with Crippen molar-refractivity contribution in [3.8, 4) is 0 Å². The van der Waals surface area contributed by atoms with E-state index >= 15 is 0 Å². The molecular weight excluding hydrogens is 655 g/mol. The number of pyridine rings is 1. The molecule has 8 heteroatoms. The summed E-state index contributed by atoms with van der Waals surface area (Å²) in [5.74, 6) is 0. The Hall–Kier alpha value is -1.90. The number of halogens is 5. The van der Waals surface area contributed by atoms with Gasteiger partial charge in [0.2, 0.25) is 0 Å². The second-order valence-electron chi connectivity index (χ2n) is 10.4. The SMILES string of the molecule is CCCCN(CCCC)c1ccc2c(/C=C/c3cc[n+](CCC[NH+](CC)CC)cc3)cccc2c1C(F)(F)F.[Br-].[Br-]. The molecule has 3 nitrogen and oxygen atoms in total. The third kappa shape index (κ3) is 10.7. The van der Waals surface area contributed by atoms with Gasteiger partial charge < -0.3 is 43.8 Å². The number of nitrogens with one attached hydrogen (secondary N) is 1. The summed E-state index contributed by atoms with van der Waals surface area (Å²) in [5, 5.41) is 0.891. The molecule has 0 unspecified atom stereocenters. The highest BCUT2D eigenvalue weighted by Gasteiger charge is 2.37. The van der Waals surface area contributed by atoms with Crippen molar-refractivity contribution in [2.24, 2.45) is 0 Å². The zero-order chi connectivity index (χ0) is 28.3. The molecule has 228 valence electrons. The molecule has 0 saturated carbocycles. The molecule has 3 rings (SSSR count). The summed E-state index contributed by atoms with van der Waals surface area (Å²) >= 11 is 0. The fraction of sp³-hybridized carbons (Fsp3) is 0.485. The number of hydrogen-bond donors (Lipinski definition) is 1. The smallest absolute Gasteiger partial charge is 0.418 e. The molecule has 0 amide bonds. The number of benzene rings is 2. The summed E-state index contributed by atoms with van der Waals surface area (Å²) < 4.78 is 45.8. The quantitative estimate of drug-likeness (QED) is 0.234. The van der Waals surface area contributed by atoms with Crippen molar-refractivity contribution in [2.75, 3.05) is 37.6 Å². The molecule has 1 heterocycles. The molecule has 3 aromatic rings. The van der Waals surface area contributed by atoms with E-state index in [2.05, 4.69) is 56.8 Å². The predicted molar refractivity (Wildman–Crippen MR) is 158 cm³/mol. The monoisotopic (exact) mass is 699 g/mol. The van der Waals surface area contributed by atoms with Crippen LogP contribution in [-0.4, -0.2) is 32.7 Å². The van der Waals surface area contributed by atoms with Gasteiger partial charge in [0.1, 0.15) is 0 Å². The van der Waals surface area contributed by atoms with Crippen LogP contribution in [0.1, 0.15) is 76.5 Å². The number of alkyl halides is 3. The van der Waals surface area contributed by atoms with Crippen molar-refractivity contribution in [2.45, 2.75) is 72.5 Å². The van der Waals surface area contributed by atoms with Gasteiger partial charge in [-0.3, -0.25) is 0 Å². The van der Waals surface area contributed by atoms with E-state index in [9.17, 15) is 13.2 Å². The van der Waals surface area contributed by atoms with Crippen LogP contribution in [-0.2, 0) is 12.7 Å². The summed E-state index contributed by atoms with van der Waals surface area (Å²) in [5.41, 5.74) is 1.59. The number of quaternary nitrogens is 1. The fourth-order valence-electron chi connectivity index (χ4n) is 5.16. The number of nitrogens with zero attached hydrogens (tertiary/aromatic N) is 2. The van der Waals surface area contributed by atoms with Gasteiger partial charge in [-0.15, -0.1) is 0 Å². The van der Waals surface area contributed by atoms with Crippen LogP contribution < -0.4 is 48.3 Å². The molecule has 0 aliphatic carbocycles. The average Bonchev–Trinajstić information content (AvgIpc) is 2.93. The number of anilines is 1. The number of aromatic nitrogens is 1. The van der Waals surface area contributed by atoms with E-state index in [1.54, 1.807) is 23.1 Å². The van der Waals surface area contributed by atoms with Crippen molar-refractivity contribution < 1.29 is 56.6 Å². The fourth-order valence-corrected chi connectivity index (χ4v) is 5.16. The molecule has 41 heavy (non-hydrogen) atoms. The first kappa shape index (κ1) is 37.1. The second-order valence-corrected chi connectivity index (χ2v) is 10.4. The largest absolute Gasteiger partial charge is 1.00 e. The number of rotatable bonds is 15. The van der Waals surface area contributed by atoms with Gasteiger partial charge in [-0.2, -0.15) is 13.2 Å². The van der Waals surface area contributed by atoms with Crippen LogP contribution in [0.2, 0.25) is 0 Å². The van der Waals surface area contributed by atoms with E-state index in [1.807, 2.05) is 29.2 Å². The van der Waals surface area contributed by atoms with Gasteiger partial charge in [-0.25, -0.2) is 4.57 Å². The first-order chi connectivity index (χ1) is 18.8. The third-order valence-electron chi connectivity index (χ3n) is 7.58. The van der Waals surface area contributed by atoms with Crippen molar-refractivity contribution in [1.82, 2.24) is 0 Å². The second kappa shape index (κ2) is 18.6. The molecule has 2 aromatic carbocycles. The molecule has 1 aromatic heterocycles. The van der Waals surface area contributed by atoms with E-state index in [-0.39, 0.29) is 39.3 Å². The third-order valence-corrected chi connectivity index (χ3v) is 7.58. The first-order valence-corrected chi connectivity index (χ1v) is 14.7. The van der Waals surface area contributed by atoms with Crippen LogP contribution in [0.5, 0.6) is 0 Å². The van der Waals surface area contributed by atoms with Crippen LogP contribution in [0.25, 0.3) is 22.9 Å². The Morgan fingerprint density at radius 2 is 1.41 bits per heavy atom. The maximum Gasteiger partial charge on any atom is 0.418 e. The molecule has 0 aliphatic rings. The van der Waals surface area contributed by atoms with Gasteiger partial charge in [0.15, 0.2) is 18.9 Å². The van der Waals surface area contributed by atoms with Crippen LogP contribution >= 0.6 is 0 Å². The molecule has 0 fully saturated rings. The first-order valence-electron chi connectivity index (χ1n) is 14.7. The normalized spacial score (nSPS) is 11.6. The Morgan fingerprint density at radius 1 is 0.780 bits per heavy atom. The standard InChI is InChI=1S/C33H45F3N3.2BrH/c1-5-9-23-39(24-10-6-2)31-18-17-29-28(13-11-14-30(29)32(31)33(34,35)36)16-15-27-19-25-38(26-20-27)22-12-21-37(7-3)8-4;;/h11,13-20,25-26H,5-10,12,21-24H2,1-4H3;2*1H/q+1;;/p-1/b16-15+;;. The highest BCUT2D eigenvalue weighted by molar-refractivity contribution is 5.97. The molecule has 0 aliphatic heterocycles. The van der Waals surface area contributed by atoms with E-state index in [4.69, 9.17) is 0 Å². The number of fused-ring (bicyclic) bond motifs is 1. The lowest BCUT2D eigenvalue weighted by Crippen LogP contribution is -3.11. The zero-order valence-corrected chi connectivity index (χ0v) is 28.1. The van der Waals surface area contributed by atoms with Gasteiger partial charge in [-0.1, -0.05) is 63.1 Å². The van der Waals surface area contributed by atoms with Gasteiger partial charge in [0.05, 0.1) is 31.6 Å². The molecule has 0 bridgehead atoms. The predicted octanol–water partition coefficient (Wildman–Crippen LogP) is 1.05. The molecule has 0 radical (unpaired) electrons. The maximum atomic E-state index is 14.5.